The molecule has 0 bridgehead atoms. The third-order valence-electron chi connectivity index (χ3n) is 6.12. The van der Waals surface area contributed by atoms with Crippen LogP contribution in [0.5, 0.6) is 0 Å². The van der Waals surface area contributed by atoms with Crippen molar-refractivity contribution in [1.29, 1.82) is 0 Å². The molecule has 0 aliphatic carbocycles. The number of carbonyl (C=O) groups is 2. The number of halogens is 2. The van der Waals surface area contributed by atoms with Gasteiger partial charge in [0.1, 0.15) is 10.8 Å². The summed E-state index contributed by atoms with van der Waals surface area (Å²) in [6.07, 6.45) is 0. The van der Waals surface area contributed by atoms with E-state index in [4.69, 9.17) is 28.6 Å². The Kier molecular flexibility index (Phi) is 7.96. The van der Waals surface area contributed by atoms with Gasteiger partial charge in [0.2, 0.25) is 0 Å². The van der Waals surface area contributed by atoms with Crippen LogP contribution in [0.2, 0.25) is 5.02 Å². The first-order valence-electron chi connectivity index (χ1n) is 11.5. The molecule has 0 saturated carbocycles. The molecule has 1 unspecified atom stereocenters. The average Bonchev–Trinajstić information content (AvgIpc) is 3.12. The average molecular weight is 558 g/mol. The molecule has 3 aromatic rings. The van der Waals surface area contributed by atoms with Gasteiger partial charge >= 0.3 is 5.97 Å². The Bertz CT molecular complexity index is 1400. The van der Waals surface area contributed by atoms with Gasteiger partial charge in [-0.05, 0) is 69.7 Å². The first-order chi connectivity index (χ1) is 17.6. The van der Waals surface area contributed by atoms with Crippen LogP contribution in [0.1, 0.15) is 46.3 Å². The fraction of sp³-hybridized carbons (Fsp3) is 0.222. The lowest BCUT2D eigenvalue weighted by molar-refractivity contribution is -0.113. The molecule has 0 saturated heterocycles. The van der Waals surface area contributed by atoms with Crippen molar-refractivity contribution >= 4 is 62.8 Å². The van der Waals surface area contributed by atoms with Crippen molar-refractivity contribution in [2.24, 2.45) is 0 Å². The third-order valence-corrected chi connectivity index (χ3v) is 7.88. The fourth-order valence-electron chi connectivity index (χ4n) is 4.26. The Balaban J connectivity index is 1.86. The van der Waals surface area contributed by atoms with Crippen LogP contribution in [-0.4, -0.2) is 23.6 Å². The Morgan fingerprint density at radius 1 is 1.16 bits per heavy atom. The molecule has 1 aliphatic rings. The molecule has 0 radical (unpaired) electrons. The summed E-state index contributed by atoms with van der Waals surface area (Å²) >= 11 is 13.3. The van der Waals surface area contributed by atoms with Gasteiger partial charge in [-0.1, -0.05) is 35.9 Å². The Labute approximate surface area is 229 Å². The van der Waals surface area contributed by atoms with E-state index in [0.29, 0.717) is 21.4 Å². The number of rotatable bonds is 6. The zero-order valence-electron chi connectivity index (χ0n) is 20.6. The van der Waals surface area contributed by atoms with Crippen LogP contribution in [0, 0.1) is 19.7 Å². The molecule has 0 fully saturated rings. The van der Waals surface area contributed by atoms with Gasteiger partial charge in [0, 0.05) is 26.8 Å². The highest BCUT2D eigenvalue weighted by molar-refractivity contribution is 7.80. The topological polar surface area (TPSA) is 70.7 Å². The molecular formula is C27H25ClFN3O3S2. The van der Waals surface area contributed by atoms with Crippen LogP contribution in [0.3, 0.4) is 0 Å². The zero-order chi connectivity index (χ0) is 26.9. The monoisotopic (exact) mass is 557 g/mol. The number of carbonyl (C=O) groups excluding carboxylic acids is 2. The minimum atomic E-state index is -0.964. The van der Waals surface area contributed by atoms with Crippen LogP contribution in [-0.2, 0) is 9.53 Å². The molecular weight excluding hydrogens is 533 g/mol. The smallest absolute Gasteiger partial charge is 0.341 e. The van der Waals surface area contributed by atoms with Gasteiger partial charge in [-0.3, -0.25) is 9.69 Å². The minimum Gasteiger partial charge on any atom is -0.462 e. The molecule has 192 valence electrons. The van der Waals surface area contributed by atoms with E-state index in [-0.39, 0.29) is 22.8 Å². The van der Waals surface area contributed by atoms with Crippen molar-refractivity contribution in [3.63, 3.8) is 0 Å². The Hall–Kier alpha value is -3.27. The van der Waals surface area contributed by atoms with Crippen LogP contribution < -0.4 is 15.5 Å². The number of ether oxygens (including phenoxy) is 1. The largest absolute Gasteiger partial charge is 0.462 e. The van der Waals surface area contributed by atoms with Crippen molar-refractivity contribution in [1.82, 2.24) is 5.32 Å². The lowest BCUT2D eigenvalue weighted by atomic mass is 9.93. The highest BCUT2D eigenvalue weighted by Gasteiger charge is 2.37. The Morgan fingerprint density at radius 3 is 2.51 bits per heavy atom. The minimum absolute atomic E-state index is 0.105. The van der Waals surface area contributed by atoms with E-state index in [1.165, 1.54) is 23.5 Å². The number of esters is 1. The van der Waals surface area contributed by atoms with Crippen molar-refractivity contribution in [3.05, 3.63) is 92.2 Å². The summed E-state index contributed by atoms with van der Waals surface area (Å²) in [6.45, 7) is 7.33. The van der Waals surface area contributed by atoms with Crippen LogP contribution in [0.15, 0.2) is 59.8 Å². The number of anilines is 2. The number of allylic oxidation sites excluding steroid dienone is 1. The van der Waals surface area contributed by atoms with E-state index in [9.17, 15) is 9.59 Å². The summed E-state index contributed by atoms with van der Waals surface area (Å²) in [5, 5.41) is 6.80. The molecule has 4 rings (SSSR count). The lowest BCUT2D eigenvalue weighted by Crippen LogP contribution is -2.48. The number of aryl methyl sites for hydroxylation is 1. The summed E-state index contributed by atoms with van der Waals surface area (Å²) < 4.78 is 20.3. The van der Waals surface area contributed by atoms with Gasteiger partial charge in [0.05, 0.1) is 23.8 Å². The van der Waals surface area contributed by atoms with Crippen molar-refractivity contribution in [3.8, 4) is 0 Å². The number of nitrogens with zero attached hydrogens (tertiary/aromatic N) is 1. The van der Waals surface area contributed by atoms with Gasteiger partial charge in [0.15, 0.2) is 5.11 Å². The molecule has 0 spiro atoms. The highest BCUT2D eigenvalue weighted by atomic mass is 35.5. The number of thiophene rings is 1. The predicted molar refractivity (Wildman–Crippen MR) is 150 cm³/mol. The maximum absolute atomic E-state index is 15.1. The number of nitrogens with one attached hydrogen (secondary N) is 2. The molecule has 6 nitrogen and oxygen atoms in total. The maximum Gasteiger partial charge on any atom is 0.341 e. The van der Waals surface area contributed by atoms with Crippen LogP contribution in [0.25, 0.3) is 0 Å². The first kappa shape index (κ1) is 26.8. The molecule has 10 heteroatoms. The Morgan fingerprint density at radius 2 is 1.86 bits per heavy atom. The fourth-order valence-corrected chi connectivity index (χ4v) is 5.94. The number of hydrogen-bond acceptors (Lipinski definition) is 5. The van der Waals surface area contributed by atoms with Crippen molar-refractivity contribution < 1.29 is 18.7 Å². The summed E-state index contributed by atoms with van der Waals surface area (Å²) in [5.74, 6) is -1.62. The summed E-state index contributed by atoms with van der Waals surface area (Å²) in [4.78, 5) is 29.2. The van der Waals surface area contributed by atoms with Crippen molar-refractivity contribution in [2.75, 3.05) is 16.8 Å². The van der Waals surface area contributed by atoms with E-state index in [1.807, 2.05) is 37.3 Å². The van der Waals surface area contributed by atoms with Gasteiger partial charge in [-0.15, -0.1) is 11.3 Å². The quantitative estimate of drug-likeness (QED) is 0.260. The summed E-state index contributed by atoms with van der Waals surface area (Å²) in [7, 11) is 0. The number of hydrogen-bond donors (Lipinski definition) is 2. The van der Waals surface area contributed by atoms with Gasteiger partial charge < -0.3 is 15.4 Å². The molecule has 2 aromatic carbocycles. The van der Waals surface area contributed by atoms with Gasteiger partial charge in [-0.2, -0.15) is 0 Å². The van der Waals surface area contributed by atoms with Crippen LogP contribution in [0.4, 0.5) is 15.1 Å². The van der Waals surface area contributed by atoms with E-state index in [1.54, 1.807) is 31.7 Å². The molecule has 37 heavy (non-hydrogen) atoms. The van der Waals surface area contributed by atoms with E-state index in [2.05, 4.69) is 10.6 Å². The standard InChI is InChI=1S/C27H25ClFN3O3S2/c1-5-35-26(34)20-14(2)16(4)37-25(20)31-24(33)21-15(3)32(17-10-7-6-8-11-17)27(36)30-23(21)22-18(28)12-9-13-19(22)29/h6-13,23H,5H2,1-4H3,(H,30,36)(H,31,33). The van der Waals surface area contributed by atoms with Crippen molar-refractivity contribution in [2.45, 2.75) is 33.7 Å². The molecule has 2 N–H and O–H groups in total. The second-order valence-corrected chi connectivity index (χ2v) is 10.4. The second kappa shape index (κ2) is 11.0. The number of benzene rings is 2. The lowest BCUT2D eigenvalue weighted by Gasteiger charge is -2.38. The number of thiocarbonyl (C=S) groups is 1. The number of para-hydroxylation sites is 1. The zero-order valence-corrected chi connectivity index (χ0v) is 23.0. The molecule has 1 amide bonds. The molecule has 1 aliphatic heterocycles. The van der Waals surface area contributed by atoms with Gasteiger partial charge in [-0.25, -0.2) is 9.18 Å². The van der Waals surface area contributed by atoms with E-state index in [0.717, 1.165) is 16.1 Å². The van der Waals surface area contributed by atoms with E-state index < -0.39 is 23.7 Å². The van der Waals surface area contributed by atoms with Crippen LogP contribution >= 0.6 is 35.2 Å². The SMILES string of the molecule is CCOC(=O)c1c(NC(=O)C2=C(C)N(c3ccccc3)C(=S)NC2c2c(F)cccc2Cl)sc(C)c1C. The normalized spacial score (nSPS) is 15.5. The van der Waals surface area contributed by atoms with E-state index >= 15 is 4.39 Å². The molecule has 1 atom stereocenters. The molecule has 1 aromatic heterocycles. The first-order valence-corrected chi connectivity index (χ1v) is 13.1. The maximum atomic E-state index is 15.1. The summed E-state index contributed by atoms with van der Waals surface area (Å²) in [5.41, 5.74) is 2.58. The second-order valence-electron chi connectivity index (χ2n) is 8.35. The molecule has 2 heterocycles. The predicted octanol–water partition coefficient (Wildman–Crippen LogP) is 6.68. The van der Waals surface area contributed by atoms with Gasteiger partial charge in [0.25, 0.3) is 5.91 Å². The third kappa shape index (κ3) is 5.12. The summed E-state index contributed by atoms with van der Waals surface area (Å²) in [6, 6.07) is 12.7. The highest BCUT2D eigenvalue weighted by Crippen LogP contribution is 2.39. The number of amides is 1.